The second-order valence-electron chi connectivity index (χ2n) is 6.68. The molecule has 126 valence electrons. The SMILES string of the molecule is CC(C)(C)OC(=O)N1CC=C(c2nccc(-c3ccsc3)n2)CC1. The Balaban J connectivity index is 1.71. The zero-order valence-electron chi connectivity index (χ0n) is 14.2. The summed E-state index contributed by atoms with van der Waals surface area (Å²) in [5, 5.41) is 4.11. The van der Waals surface area contributed by atoms with Crippen molar-refractivity contribution in [1.82, 2.24) is 14.9 Å². The number of carbonyl (C=O) groups excluding carboxylic acids is 1. The summed E-state index contributed by atoms with van der Waals surface area (Å²) < 4.78 is 5.41. The molecule has 2 aromatic heterocycles. The maximum absolute atomic E-state index is 12.1. The van der Waals surface area contributed by atoms with Gasteiger partial charge < -0.3 is 9.64 Å². The van der Waals surface area contributed by atoms with Gasteiger partial charge in [-0.3, -0.25) is 0 Å². The zero-order valence-corrected chi connectivity index (χ0v) is 15.0. The third-order valence-corrected chi connectivity index (χ3v) is 4.30. The topological polar surface area (TPSA) is 55.3 Å². The van der Waals surface area contributed by atoms with E-state index in [1.807, 2.05) is 38.3 Å². The number of aromatic nitrogens is 2. The average Bonchev–Trinajstić information content (AvgIpc) is 3.08. The number of hydrogen-bond donors (Lipinski definition) is 0. The van der Waals surface area contributed by atoms with Crippen LogP contribution in [-0.4, -0.2) is 39.7 Å². The van der Waals surface area contributed by atoms with Crippen molar-refractivity contribution >= 4 is 23.0 Å². The highest BCUT2D eigenvalue weighted by molar-refractivity contribution is 7.08. The van der Waals surface area contributed by atoms with Crippen LogP contribution in [0, 0.1) is 0 Å². The highest BCUT2D eigenvalue weighted by Crippen LogP contribution is 2.24. The molecule has 0 saturated heterocycles. The fourth-order valence-corrected chi connectivity index (χ4v) is 3.10. The Morgan fingerprint density at radius 1 is 1.33 bits per heavy atom. The third kappa shape index (κ3) is 4.00. The molecule has 0 saturated carbocycles. The van der Waals surface area contributed by atoms with Gasteiger partial charge in [-0.05, 0) is 50.3 Å². The van der Waals surface area contributed by atoms with Gasteiger partial charge in [-0.25, -0.2) is 14.8 Å². The molecule has 0 bridgehead atoms. The molecule has 1 aliphatic heterocycles. The van der Waals surface area contributed by atoms with Crippen molar-refractivity contribution in [3.8, 4) is 11.3 Å². The molecule has 0 radical (unpaired) electrons. The summed E-state index contributed by atoms with van der Waals surface area (Å²) in [5.41, 5.74) is 2.64. The fraction of sp³-hybridized carbons (Fsp3) is 0.389. The molecule has 0 N–H and O–H groups in total. The van der Waals surface area contributed by atoms with Crippen molar-refractivity contribution in [2.75, 3.05) is 13.1 Å². The summed E-state index contributed by atoms with van der Waals surface area (Å²) in [6.45, 7) is 6.77. The minimum atomic E-state index is -0.473. The van der Waals surface area contributed by atoms with E-state index in [1.54, 1.807) is 22.4 Å². The van der Waals surface area contributed by atoms with E-state index in [2.05, 4.69) is 21.4 Å². The third-order valence-electron chi connectivity index (χ3n) is 3.62. The summed E-state index contributed by atoms with van der Waals surface area (Å²) in [4.78, 5) is 22.9. The van der Waals surface area contributed by atoms with Gasteiger partial charge in [0.25, 0.3) is 0 Å². The first-order chi connectivity index (χ1) is 11.4. The maximum Gasteiger partial charge on any atom is 0.410 e. The standard InChI is InChI=1S/C18H21N3O2S/c1-18(2,3)23-17(22)21-9-5-13(6-10-21)16-19-8-4-15(20-16)14-7-11-24-12-14/h4-5,7-8,11-12H,6,9-10H2,1-3H3. The Kier molecular flexibility index (Phi) is 4.66. The molecule has 2 aromatic rings. The Morgan fingerprint density at radius 2 is 2.17 bits per heavy atom. The minimum Gasteiger partial charge on any atom is -0.444 e. The normalized spacial score (nSPS) is 15.1. The molecule has 0 aromatic carbocycles. The minimum absolute atomic E-state index is 0.272. The van der Waals surface area contributed by atoms with Crippen LogP contribution >= 0.6 is 11.3 Å². The van der Waals surface area contributed by atoms with Gasteiger partial charge in [0.05, 0.1) is 5.69 Å². The van der Waals surface area contributed by atoms with E-state index in [1.165, 1.54) is 0 Å². The van der Waals surface area contributed by atoms with Crippen molar-refractivity contribution < 1.29 is 9.53 Å². The summed E-state index contributed by atoms with van der Waals surface area (Å²) in [6, 6.07) is 3.97. The van der Waals surface area contributed by atoms with E-state index in [0.29, 0.717) is 13.1 Å². The number of amides is 1. The molecule has 3 rings (SSSR count). The van der Waals surface area contributed by atoms with Crippen molar-refractivity contribution in [1.29, 1.82) is 0 Å². The first-order valence-corrected chi connectivity index (χ1v) is 8.89. The first-order valence-electron chi connectivity index (χ1n) is 7.95. The maximum atomic E-state index is 12.1. The Morgan fingerprint density at radius 3 is 2.79 bits per heavy atom. The molecule has 0 spiro atoms. The second-order valence-corrected chi connectivity index (χ2v) is 7.46. The van der Waals surface area contributed by atoms with Gasteiger partial charge in [0.1, 0.15) is 5.60 Å². The fourth-order valence-electron chi connectivity index (χ4n) is 2.45. The summed E-state index contributed by atoms with van der Waals surface area (Å²) in [5.74, 6) is 0.738. The lowest BCUT2D eigenvalue weighted by atomic mass is 10.1. The predicted molar refractivity (Wildman–Crippen MR) is 95.7 cm³/mol. The number of rotatable bonds is 2. The van der Waals surface area contributed by atoms with E-state index in [4.69, 9.17) is 4.74 Å². The lowest BCUT2D eigenvalue weighted by molar-refractivity contribution is 0.0270. The van der Waals surface area contributed by atoms with Crippen LogP contribution in [0.5, 0.6) is 0 Å². The summed E-state index contributed by atoms with van der Waals surface area (Å²) in [6.07, 6.45) is 4.26. The largest absolute Gasteiger partial charge is 0.444 e. The van der Waals surface area contributed by atoms with Gasteiger partial charge in [-0.2, -0.15) is 11.3 Å². The molecule has 0 fully saturated rings. The predicted octanol–water partition coefficient (Wildman–Crippen LogP) is 4.23. The van der Waals surface area contributed by atoms with Crippen LogP contribution in [0.15, 0.2) is 35.2 Å². The lowest BCUT2D eigenvalue weighted by Crippen LogP contribution is -2.39. The molecule has 0 unspecified atom stereocenters. The van der Waals surface area contributed by atoms with Crippen LogP contribution in [0.2, 0.25) is 0 Å². The number of nitrogens with zero attached hydrogens (tertiary/aromatic N) is 3. The highest BCUT2D eigenvalue weighted by Gasteiger charge is 2.24. The van der Waals surface area contributed by atoms with Gasteiger partial charge >= 0.3 is 6.09 Å². The van der Waals surface area contributed by atoms with E-state index < -0.39 is 5.60 Å². The van der Waals surface area contributed by atoms with E-state index in [0.717, 1.165) is 29.1 Å². The van der Waals surface area contributed by atoms with Crippen molar-refractivity contribution in [3.63, 3.8) is 0 Å². The lowest BCUT2D eigenvalue weighted by Gasteiger charge is -2.29. The van der Waals surface area contributed by atoms with Crippen LogP contribution in [0.1, 0.15) is 33.0 Å². The number of hydrogen-bond acceptors (Lipinski definition) is 5. The molecule has 1 amide bonds. The first kappa shape index (κ1) is 16.6. The van der Waals surface area contributed by atoms with Crippen LogP contribution in [0.4, 0.5) is 4.79 Å². The van der Waals surface area contributed by atoms with E-state index in [-0.39, 0.29) is 6.09 Å². The summed E-state index contributed by atoms with van der Waals surface area (Å²) in [7, 11) is 0. The molecule has 5 nitrogen and oxygen atoms in total. The van der Waals surface area contributed by atoms with Crippen LogP contribution < -0.4 is 0 Å². The van der Waals surface area contributed by atoms with Gasteiger partial charge in [-0.1, -0.05) is 6.08 Å². The van der Waals surface area contributed by atoms with E-state index >= 15 is 0 Å². The van der Waals surface area contributed by atoms with Gasteiger partial charge in [0.2, 0.25) is 0 Å². The van der Waals surface area contributed by atoms with Gasteiger partial charge in [0.15, 0.2) is 5.82 Å². The van der Waals surface area contributed by atoms with Crippen LogP contribution in [0.25, 0.3) is 16.8 Å². The molecule has 3 heterocycles. The average molecular weight is 343 g/mol. The van der Waals surface area contributed by atoms with Crippen LogP contribution in [0.3, 0.4) is 0 Å². The zero-order chi connectivity index (χ0) is 17.2. The Labute approximate surface area is 146 Å². The van der Waals surface area contributed by atoms with Gasteiger partial charge in [0, 0.05) is 30.2 Å². The van der Waals surface area contributed by atoms with E-state index in [9.17, 15) is 4.79 Å². The summed E-state index contributed by atoms with van der Waals surface area (Å²) >= 11 is 1.65. The van der Waals surface area contributed by atoms with Crippen molar-refractivity contribution in [3.05, 3.63) is 41.0 Å². The molecule has 6 heteroatoms. The molecule has 0 atom stereocenters. The molecule has 1 aliphatic rings. The Hall–Kier alpha value is -2.21. The van der Waals surface area contributed by atoms with Crippen molar-refractivity contribution in [2.24, 2.45) is 0 Å². The molecular formula is C18H21N3O2S. The highest BCUT2D eigenvalue weighted by atomic mass is 32.1. The van der Waals surface area contributed by atoms with Crippen molar-refractivity contribution in [2.45, 2.75) is 32.8 Å². The smallest absolute Gasteiger partial charge is 0.410 e. The molecule has 0 aliphatic carbocycles. The van der Waals surface area contributed by atoms with Crippen LogP contribution in [-0.2, 0) is 4.74 Å². The second kappa shape index (κ2) is 6.73. The quantitative estimate of drug-likeness (QED) is 0.819. The number of ether oxygens (including phenoxy) is 1. The Bertz CT molecular complexity index is 748. The monoisotopic (exact) mass is 343 g/mol. The molecule has 24 heavy (non-hydrogen) atoms. The number of thiophene rings is 1. The van der Waals surface area contributed by atoms with Gasteiger partial charge in [-0.15, -0.1) is 0 Å². The number of carbonyl (C=O) groups is 1. The molecular weight excluding hydrogens is 322 g/mol.